The second-order valence-corrected chi connectivity index (χ2v) is 6.77. The molecule has 2 aromatic carbocycles. The van der Waals surface area contributed by atoms with Gasteiger partial charge in [-0.05, 0) is 42.5 Å². The Kier molecular flexibility index (Phi) is 4.53. The van der Waals surface area contributed by atoms with Crippen LogP contribution >= 0.6 is 0 Å². The van der Waals surface area contributed by atoms with Crippen molar-refractivity contribution in [3.63, 3.8) is 0 Å². The summed E-state index contributed by atoms with van der Waals surface area (Å²) in [6, 6.07) is 14.5. The van der Waals surface area contributed by atoms with Crippen molar-refractivity contribution < 1.29 is 9.13 Å². The van der Waals surface area contributed by atoms with E-state index < -0.39 is 0 Å². The molecule has 1 aliphatic heterocycles. The molecule has 3 heterocycles. The summed E-state index contributed by atoms with van der Waals surface area (Å²) in [6.07, 6.45) is 3.16. The van der Waals surface area contributed by atoms with Gasteiger partial charge in [0.25, 0.3) is 0 Å². The van der Waals surface area contributed by atoms with E-state index in [9.17, 15) is 4.39 Å². The first kappa shape index (κ1) is 17.6. The number of benzene rings is 2. The molecule has 1 N–H and O–H groups in total. The smallest absolute Gasteiger partial charge is 0.168 e. The standard InChI is InChI=1S/C21H19FN6O/c22-15-2-1-3-18(12-15)28-21-19(13-25-28)20(23-14-24-21)26-16-4-6-17(7-5-16)27-8-10-29-11-9-27/h1-7,12-14H,8-11H2,(H,23,24,26). The molecule has 7 nitrogen and oxygen atoms in total. The minimum Gasteiger partial charge on any atom is -0.378 e. The molecule has 29 heavy (non-hydrogen) atoms. The number of halogens is 1. The van der Waals surface area contributed by atoms with E-state index in [4.69, 9.17) is 4.74 Å². The summed E-state index contributed by atoms with van der Waals surface area (Å²) in [5.74, 6) is 0.329. The first-order valence-electron chi connectivity index (χ1n) is 9.42. The van der Waals surface area contributed by atoms with Gasteiger partial charge in [0.15, 0.2) is 5.65 Å². The van der Waals surface area contributed by atoms with Gasteiger partial charge < -0.3 is 15.0 Å². The fourth-order valence-electron chi connectivity index (χ4n) is 3.45. The van der Waals surface area contributed by atoms with Crippen LogP contribution in [0, 0.1) is 5.82 Å². The maximum atomic E-state index is 13.6. The molecule has 5 rings (SSSR count). The van der Waals surface area contributed by atoms with Gasteiger partial charge in [0, 0.05) is 24.5 Å². The summed E-state index contributed by atoms with van der Waals surface area (Å²) in [5.41, 5.74) is 3.31. The van der Waals surface area contributed by atoms with E-state index in [1.54, 1.807) is 23.0 Å². The Balaban J connectivity index is 1.42. The lowest BCUT2D eigenvalue weighted by molar-refractivity contribution is 0.122. The van der Waals surface area contributed by atoms with Crippen LogP contribution in [0.25, 0.3) is 16.7 Å². The fourth-order valence-corrected chi connectivity index (χ4v) is 3.45. The number of anilines is 3. The zero-order chi connectivity index (χ0) is 19.6. The van der Waals surface area contributed by atoms with Crippen LogP contribution in [0.15, 0.2) is 61.1 Å². The van der Waals surface area contributed by atoms with Crippen LogP contribution in [0.3, 0.4) is 0 Å². The largest absolute Gasteiger partial charge is 0.378 e. The van der Waals surface area contributed by atoms with Gasteiger partial charge in [0.2, 0.25) is 0 Å². The van der Waals surface area contributed by atoms with Crippen LogP contribution in [-0.4, -0.2) is 46.1 Å². The van der Waals surface area contributed by atoms with E-state index in [0.29, 0.717) is 17.2 Å². The highest BCUT2D eigenvalue weighted by atomic mass is 19.1. The predicted octanol–water partition coefficient (Wildman–Crippen LogP) is 3.53. The molecule has 146 valence electrons. The van der Waals surface area contributed by atoms with Crippen molar-refractivity contribution in [1.29, 1.82) is 0 Å². The van der Waals surface area contributed by atoms with Gasteiger partial charge in [-0.2, -0.15) is 5.10 Å². The minimum atomic E-state index is -0.320. The summed E-state index contributed by atoms with van der Waals surface area (Å²) in [6.45, 7) is 3.32. The van der Waals surface area contributed by atoms with Crippen molar-refractivity contribution in [2.45, 2.75) is 0 Å². The van der Waals surface area contributed by atoms with Crippen molar-refractivity contribution in [3.05, 3.63) is 66.9 Å². The maximum Gasteiger partial charge on any atom is 0.168 e. The van der Waals surface area contributed by atoms with E-state index in [2.05, 4.69) is 37.4 Å². The van der Waals surface area contributed by atoms with Gasteiger partial charge in [0.05, 0.1) is 30.5 Å². The molecule has 1 saturated heterocycles. The normalized spacial score (nSPS) is 14.3. The number of fused-ring (bicyclic) bond motifs is 1. The summed E-state index contributed by atoms with van der Waals surface area (Å²) >= 11 is 0. The van der Waals surface area contributed by atoms with Crippen LogP contribution in [0.5, 0.6) is 0 Å². The van der Waals surface area contributed by atoms with Crippen molar-refractivity contribution in [1.82, 2.24) is 19.7 Å². The Morgan fingerprint density at radius 3 is 2.59 bits per heavy atom. The highest BCUT2D eigenvalue weighted by molar-refractivity contribution is 5.89. The maximum absolute atomic E-state index is 13.6. The Morgan fingerprint density at radius 1 is 0.966 bits per heavy atom. The zero-order valence-electron chi connectivity index (χ0n) is 15.6. The molecule has 0 amide bonds. The Hall–Kier alpha value is -3.52. The van der Waals surface area contributed by atoms with Crippen molar-refractivity contribution in [2.75, 3.05) is 36.5 Å². The van der Waals surface area contributed by atoms with Crippen molar-refractivity contribution in [3.8, 4) is 5.69 Å². The molecule has 1 fully saturated rings. The molecular formula is C21H19FN6O. The highest BCUT2D eigenvalue weighted by Crippen LogP contribution is 2.26. The first-order chi connectivity index (χ1) is 14.3. The lowest BCUT2D eigenvalue weighted by atomic mass is 10.2. The summed E-state index contributed by atoms with van der Waals surface area (Å²) in [4.78, 5) is 11.0. The molecular weight excluding hydrogens is 371 g/mol. The third-order valence-electron chi connectivity index (χ3n) is 4.92. The van der Waals surface area contributed by atoms with Crippen LogP contribution in [0.2, 0.25) is 0 Å². The van der Waals surface area contributed by atoms with E-state index in [-0.39, 0.29) is 5.82 Å². The average molecular weight is 390 g/mol. The molecule has 0 bridgehead atoms. The topological polar surface area (TPSA) is 68.1 Å². The third-order valence-corrected chi connectivity index (χ3v) is 4.92. The SMILES string of the molecule is Fc1cccc(-n2ncc3c(Nc4ccc(N5CCOCC5)cc4)ncnc32)c1. The molecule has 0 spiro atoms. The second kappa shape index (κ2) is 7.48. The molecule has 0 atom stereocenters. The van der Waals surface area contributed by atoms with Gasteiger partial charge >= 0.3 is 0 Å². The van der Waals surface area contributed by atoms with E-state index in [1.807, 2.05) is 12.1 Å². The molecule has 8 heteroatoms. The molecule has 2 aromatic heterocycles. The lowest BCUT2D eigenvalue weighted by Gasteiger charge is -2.28. The quantitative estimate of drug-likeness (QED) is 0.575. The summed E-state index contributed by atoms with van der Waals surface area (Å²) < 4.78 is 20.6. The van der Waals surface area contributed by atoms with Crippen LogP contribution in [0.4, 0.5) is 21.6 Å². The summed E-state index contributed by atoms with van der Waals surface area (Å²) in [5, 5.41) is 8.46. The highest BCUT2D eigenvalue weighted by Gasteiger charge is 2.13. The van der Waals surface area contributed by atoms with Crippen molar-refractivity contribution in [2.24, 2.45) is 0 Å². The third kappa shape index (κ3) is 3.50. The Bertz CT molecular complexity index is 1140. The Labute approximate surface area is 166 Å². The van der Waals surface area contributed by atoms with Gasteiger partial charge in [-0.3, -0.25) is 0 Å². The molecule has 4 aromatic rings. The number of nitrogens with one attached hydrogen (secondary N) is 1. The number of rotatable bonds is 4. The van der Waals surface area contributed by atoms with Gasteiger partial charge in [0.1, 0.15) is 18.0 Å². The minimum absolute atomic E-state index is 0.320. The second-order valence-electron chi connectivity index (χ2n) is 6.77. The van der Waals surface area contributed by atoms with Gasteiger partial charge in [-0.25, -0.2) is 19.0 Å². The molecule has 0 unspecified atom stereocenters. The molecule has 1 aliphatic rings. The number of hydrogen-bond donors (Lipinski definition) is 1. The lowest BCUT2D eigenvalue weighted by Crippen LogP contribution is -2.36. The van der Waals surface area contributed by atoms with Crippen LogP contribution in [-0.2, 0) is 4.74 Å². The number of ether oxygens (including phenoxy) is 1. The number of aromatic nitrogens is 4. The fraction of sp³-hybridized carbons (Fsp3) is 0.190. The number of nitrogens with zero attached hydrogens (tertiary/aromatic N) is 5. The predicted molar refractivity (Wildman–Crippen MR) is 109 cm³/mol. The summed E-state index contributed by atoms with van der Waals surface area (Å²) in [7, 11) is 0. The van der Waals surface area contributed by atoms with E-state index in [1.165, 1.54) is 24.1 Å². The van der Waals surface area contributed by atoms with Crippen LogP contribution in [0.1, 0.15) is 0 Å². The van der Waals surface area contributed by atoms with Gasteiger partial charge in [-0.1, -0.05) is 6.07 Å². The Morgan fingerprint density at radius 2 is 1.79 bits per heavy atom. The monoisotopic (exact) mass is 390 g/mol. The molecule has 0 saturated carbocycles. The molecule has 0 aliphatic carbocycles. The van der Waals surface area contributed by atoms with Gasteiger partial charge in [-0.15, -0.1) is 0 Å². The van der Waals surface area contributed by atoms with Crippen molar-refractivity contribution >= 4 is 28.2 Å². The first-order valence-corrected chi connectivity index (χ1v) is 9.42. The number of hydrogen-bond acceptors (Lipinski definition) is 6. The zero-order valence-corrected chi connectivity index (χ0v) is 15.6. The van der Waals surface area contributed by atoms with E-state index in [0.717, 1.165) is 37.4 Å². The average Bonchev–Trinajstić information content (AvgIpc) is 3.20. The molecule has 0 radical (unpaired) electrons. The number of morpholine rings is 1. The van der Waals surface area contributed by atoms with E-state index >= 15 is 0 Å². The van der Waals surface area contributed by atoms with Crippen LogP contribution < -0.4 is 10.2 Å².